The van der Waals surface area contributed by atoms with Gasteiger partial charge in [-0.2, -0.15) is 0 Å². The van der Waals surface area contributed by atoms with Gasteiger partial charge in [-0.1, -0.05) is 23.9 Å². The summed E-state index contributed by atoms with van der Waals surface area (Å²) in [7, 11) is 0. The summed E-state index contributed by atoms with van der Waals surface area (Å²) in [5.41, 5.74) is 2.33. The van der Waals surface area contributed by atoms with Crippen LogP contribution in [0.2, 0.25) is 0 Å². The molecule has 1 amide bonds. The molecule has 1 aliphatic rings. The number of nitrogens with zero attached hydrogens (tertiary/aromatic N) is 2. The number of amides is 1. The molecule has 1 unspecified atom stereocenters. The first-order valence-corrected chi connectivity index (χ1v) is 10.1. The molecule has 0 aliphatic carbocycles. The molecule has 0 bridgehead atoms. The van der Waals surface area contributed by atoms with Crippen LogP contribution in [0.4, 0.5) is 0 Å². The fourth-order valence-corrected chi connectivity index (χ4v) is 5.98. The number of thiophene rings is 1. The van der Waals surface area contributed by atoms with Gasteiger partial charge in [-0.3, -0.25) is 4.79 Å². The van der Waals surface area contributed by atoms with Crippen molar-refractivity contribution in [2.24, 2.45) is 0 Å². The molecule has 4 rings (SSSR count). The van der Waals surface area contributed by atoms with E-state index in [4.69, 9.17) is 0 Å². The van der Waals surface area contributed by atoms with E-state index in [0.717, 1.165) is 29.4 Å². The molecule has 0 saturated heterocycles. The minimum atomic E-state index is -0.101. The zero-order chi connectivity index (χ0) is 15.8. The van der Waals surface area contributed by atoms with Gasteiger partial charge in [-0.25, -0.2) is 4.98 Å². The van der Waals surface area contributed by atoms with Gasteiger partial charge in [0, 0.05) is 18.0 Å². The highest BCUT2D eigenvalue weighted by atomic mass is 32.2. The Bertz CT molecular complexity index is 821. The van der Waals surface area contributed by atoms with Gasteiger partial charge in [0.25, 0.3) is 0 Å². The molecule has 0 fully saturated rings. The quantitative estimate of drug-likeness (QED) is 0.648. The lowest BCUT2D eigenvalue weighted by atomic mass is 10.1. The van der Waals surface area contributed by atoms with Crippen molar-refractivity contribution in [2.45, 2.75) is 29.5 Å². The molecule has 0 spiro atoms. The third-order valence-electron chi connectivity index (χ3n) is 4.02. The molecule has 0 N–H and O–H groups in total. The van der Waals surface area contributed by atoms with Crippen LogP contribution in [0.3, 0.4) is 0 Å². The van der Waals surface area contributed by atoms with Crippen molar-refractivity contribution in [3.8, 4) is 0 Å². The highest BCUT2D eigenvalue weighted by Gasteiger charge is 2.26. The summed E-state index contributed by atoms with van der Waals surface area (Å²) in [4.78, 5) is 20.8. The van der Waals surface area contributed by atoms with Gasteiger partial charge in [-0.15, -0.1) is 22.7 Å². The highest BCUT2D eigenvalue weighted by Crippen LogP contribution is 2.33. The summed E-state index contributed by atoms with van der Waals surface area (Å²) in [5, 5.41) is 2.02. The number of para-hydroxylation sites is 1. The largest absolute Gasteiger partial charge is 0.337 e. The Kier molecular flexibility index (Phi) is 4.13. The molecule has 6 heteroatoms. The predicted octanol–water partition coefficient (Wildman–Crippen LogP) is 4.42. The summed E-state index contributed by atoms with van der Waals surface area (Å²) < 4.78 is 2.15. The van der Waals surface area contributed by atoms with Gasteiger partial charge in [-0.05, 0) is 42.5 Å². The zero-order valence-electron chi connectivity index (χ0n) is 12.7. The number of carbonyl (C=O) groups excluding carboxylic acids is 1. The number of hydrogen-bond acceptors (Lipinski definition) is 5. The molecular weight excluding hydrogens is 344 g/mol. The van der Waals surface area contributed by atoms with Gasteiger partial charge in [0.2, 0.25) is 5.91 Å². The lowest BCUT2D eigenvalue weighted by molar-refractivity contribution is -0.131. The van der Waals surface area contributed by atoms with E-state index in [2.05, 4.69) is 22.5 Å². The Morgan fingerprint density at radius 1 is 1.35 bits per heavy atom. The highest BCUT2D eigenvalue weighted by molar-refractivity contribution is 8.02. The maximum absolute atomic E-state index is 12.7. The first-order chi connectivity index (χ1) is 11.2. The van der Waals surface area contributed by atoms with Gasteiger partial charge < -0.3 is 4.90 Å². The number of aromatic nitrogens is 1. The maximum Gasteiger partial charge on any atom is 0.236 e. The van der Waals surface area contributed by atoms with Crippen LogP contribution < -0.4 is 0 Å². The van der Waals surface area contributed by atoms with E-state index in [1.807, 2.05) is 30.0 Å². The van der Waals surface area contributed by atoms with Gasteiger partial charge in [0.1, 0.15) is 0 Å². The molecule has 0 radical (unpaired) electrons. The molecule has 1 aliphatic heterocycles. The Morgan fingerprint density at radius 3 is 3.09 bits per heavy atom. The normalized spacial score (nSPS) is 15.6. The summed E-state index contributed by atoms with van der Waals surface area (Å²) in [6, 6.07) is 10.3. The predicted molar refractivity (Wildman–Crippen MR) is 98.4 cm³/mol. The third-order valence-corrected chi connectivity index (χ3v) is 7.26. The van der Waals surface area contributed by atoms with Gasteiger partial charge in [0.05, 0.1) is 15.5 Å². The number of carbonyl (C=O) groups is 1. The molecule has 3 nitrogen and oxygen atoms in total. The number of thioether (sulfide) groups is 1. The molecule has 3 heterocycles. The molecule has 1 atom stereocenters. The Morgan fingerprint density at radius 2 is 2.22 bits per heavy atom. The summed E-state index contributed by atoms with van der Waals surface area (Å²) in [6.07, 6.45) is 0.983. The van der Waals surface area contributed by atoms with Crippen LogP contribution in [0.15, 0.2) is 40.1 Å². The standard InChI is InChI=1S/C17H16N2OS3/c1-11(22-17-18-13-4-2-3-5-15(13)23-17)16(20)19-8-6-14-12(10-19)7-9-21-14/h2-5,7,9,11H,6,8,10H2,1H3. The maximum atomic E-state index is 12.7. The van der Waals surface area contributed by atoms with Crippen LogP contribution in [-0.2, 0) is 17.8 Å². The molecule has 23 heavy (non-hydrogen) atoms. The van der Waals surface area contributed by atoms with E-state index < -0.39 is 0 Å². The van der Waals surface area contributed by atoms with Crippen molar-refractivity contribution in [1.29, 1.82) is 0 Å². The number of benzene rings is 1. The second kappa shape index (κ2) is 6.26. The minimum Gasteiger partial charge on any atom is -0.337 e. The smallest absolute Gasteiger partial charge is 0.236 e. The zero-order valence-corrected chi connectivity index (χ0v) is 15.1. The summed E-state index contributed by atoms with van der Waals surface area (Å²) in [6.45, 7) is 3.57. The van der Waals surface area contributed by atoms with E-state index in [1.165, 1.54) is 15.1 Å². The Labute approximate surface area is 147 Å². The molecule has 0 saturated carbocycles. The lowest BCUT2D eigenvalue weighted by Crippen LogP contribution is -2.39. The fraction of sp³-hybridized carbons (Fsp3) is 0.294. The van der Waals surface area contributed by atoms with Crippen LogP contribution in [0.5, 0.6) is 0 Å². The average molecular weight is 361 g/mol. The third kappa shape index (κ3) is 3.03. The topological polar surface area (TPSA) is 33.2 Å². The Hall–Kier alpha value is -1.37. The molecule has 3 aromatic rings. The summed E-state index contributed by atoms with van der Waals surface area (Å²) >= 11 is 5.04. The van der Waals surface area contributed by atoms with Crippen molar-refractivity contribution >= 4 is 50.6 Å². The van der Waals surface area contributed by atoms with E-state index in [9.17, 15) is 4.79 Å². The number of rotatable bonds is 3. The average Bonchev–Trinajstić information content (AvgIpc) is 3.18. The minimum absolute atomic E-state index is 0.101. The van der Waals surface area contributed by atoms with E-state index in [-0.39, 0.29) is 11.2 Å². The molecular formula is C17H16N2OS3. The van der Waals surface area contributed by atoms with Crippen molar-refractivity contribution in [2.75, 3.05) is 6.54 Å². The SMILES string of the molecule is CC(Sc1nc2ccccc2s1)C(=O)N1CCc2sccc2C1. The van der Waals surface area contributed by atoms with Crippen molar-refractivity contribution in [3.05, 3.63) is 46.2 Å². The lowest BCUT2D eigenvalue weighted by Gasteiger charge is -2.29. The summed E-state index contributed by atoms with van der Waals surface area (Å²) in [5.74, 6) is 0.214. The monoisotopic (exact) mass is 360 g/mol. The van der Waals surface area contributed by atoms with Gasteiger partial charge in [0.15, 0.2) is 4.34 Å². The van der Waals surface area contributed by atoms with E-state index >= 15 is 0 Å². The van der Waals surface area contributed by atoms with E-state index in [1.54, 1.807) is 34.4 Å². The molecule has 2 aromatic heterocycles. The van der Waals surface area contributed by atoms with Gasteiger partial charge >= 0.3 is 0 Å². The van der Waals surface area contributed by atoms with Crippen molar-refractivity contribution in [3.63, 3.8) is 0 Å². The van der Waals surface area contributed by atoms with Crippen molar-refractivity contribution in [1.82, 2.24) is 9.88 Å². The van der Waals surface area contributed by atoms with Crippen LogP contribution in [0, 0.1) is 0 Å². The first kappa shape index (κ1) is 15.2. The number of fused-ring (bicyclic) bond motifs is 2. The number of hydrogen-bond donors (Lipinski definition) is 0. The molecule has 118 valence electrons. The number of thiazole rings is 1. The first-order valence-electron chi connectivity index (χ1n) is 7.57. The van der Waals surface area contributed by atoms with Crippen molar-refractivity contribution < 1.29 is 4.79 Å². The van der Waals surface area contributed by atoms with Crippen LogP contribution >= 0.6 is 34.4 Å². The fourth-order valence-electron chi connectivity index (χ4n) is 2.80. The van der Waals surface area contributed by atoms with Crippen LogP contribution in [-0.4, -0.2) is 27.6 Å². The Balaban J connectivity index is 1.46. The van der Waals surface area contributed by atoms with Crippen LogP contribution in [0.25, 0.3) is 10.2 Å². The van der Waals surface area contributed by atoms with E-state index in [0.29, 0.717) is 0 Å². The second-order valence-corrected chi connectivity index (χ2v) is 9.21. The van der Waals surface area contributed by atoms with Crippen LogP contribution in [0.1, 0.15) is 17.4 Å². The second-order valence-electron chi connectivity index (χ2n) is 5.59. The molecule has 1 aromatic carbocycles.